The molecule has 3 heterocycles. The maximum atomic E-state index is 13.4. The van der Waals surface area contributed by atoms with Crippen molar-refractivity contribution in [3.8, 4) is 5.75 Å². The van der Waals surface area contributed by atoms with Gasteiger partial charge in [-0.15, -0.1) is 11.3 Å². The molecule has 0 N–H and O–H groups in total. The average molecular weight is 463 g/mol. The summed E-state index contributed by atoms with van der Waals surface area (Å²) in [6.07, 6.45) is 0.781. The number of amides is 2. The maximum absolute atomic E-state index is 13.4. The van der Waals surface area contributed by atoms with Gasteiger partial charge in [-0.2, -0.15) is 0 Å². The third kappa shape index (κ3) is 4.65. The number of nitrogens with zero attached hydrogens (tertiary/aromatic N) is 2. The molecule has 1 atom stereocenters. The Balaban J connectivity index is 1.42. The van der Waals surface area contributed by atoms with Crippen LogP contribution in [0.1, 0.15) is 32.4 Å². The van der Waals surface area contributed by atoms with E-state index in [0.29, 0.717) is 38.6 Å². The van der Waals surface area contributed by atoms with Crippen LogP contribution in [0, 0.1) is 0 Å². The van der Waals surface area contributed by atoms with Gasteiger partial charge in [0.2, 0.25) is 0 Å². The number of hydrogen-bond donors (Lipinski definition) is 0. The largest absolute Gasteiger partial charge is 0.484 e. The lowest BCUT2D eigenvalue weighted by atomic mass is 9.88. The third-order valence-electron chi connectivity index (χ3n) is 6.18. The Bertz CT molecular complexity index is 1110. The molecule has 1 saturated heterocycles. The number of benzene rings is 2. The number of ether oxygens (including phenoxy) is 2. The minimum atomic E-state index is -0.206. The number of carbonyl (C=O) groups is 2. The second kappa shape index (κ2) is 9.77. The predicted octanol–water partition coefficient (Wildman–Crippen LogP) is 3.77. The molecule has 1 unspecified atom stereocenters. The van der Waals surface area contributed by atoms with E-state index in [1.807, 2.05) is 52.7 Å². The summed E-state index contributed by atoms with van der Waals surface area (Å²) >= 11 is 1.46. The Hall–Kier alpha value is -3.16. The molecule has 7 heteroatoms. The number of hydrogen-bond acceptors (Lipinski definition) is 5. The van der Waals surface area contributed by atoms with E-state index in [1.54, 1.807) is 4.90 Å². The third-order valence-corrected chi connectivity index (χ3v) is 7.04. The van der Waals surface area contributed by atoms with E-state index in [4.69, 9.17) is 9.47 Å². The summed E-state index contributed by atoms with van der Waals surface area (Å²) in [5.41, 5.74) is 3.31. The summed E-state index contributed by atoms with van der Waals surface area (Å²) in [5.74, 6) is 0.644. The van der Waals surface area contributed by atoms with Gasteiger partial charge in [-0.05, 0) is 46.7 Å². The van der Waals surface area contributed by atoms with Crippen molar-refractivity contribution in [2.24, 2.45) is 0 Å². The first kappa shape index (κ1) is 21.7. The van der Waals surface area contributed by atoms with Gasteiger partial charge in [-0.1, -0.05) is 42.5 Å². The molecular formula is C26H26N2O4S. The van der Waals surface area contributed by atoms with Crippen LogP contribution in [-0.2, 0) is 16.0 Å². The van der Waals surface area contributed by atoms with E-state index < -0.39 is 0 Å². The summed E-state index contributed by atoms with van der Waals surface area (Å²) in [7, 11) is 0. The minimum absolute atomic E-state index is 0.00731. The molecule has 0 bridgehead atoms. The number of thiophene rings is 1. The van der Waals surface area contributed by atoms with E-state index in [-0.39, 0.29) is 24.5 Å². The van der Waals surface area contributed by atoms with Crippen molar-refractivity contribution in [3.05, 3.63) is 87.6 Å². The number of rotatable bonds is 5. The van der Waals surface area contributed by atoms with E-state index in [2.05, 4.69) is 18.2 Å². The quantitative estimate of drug-likeness (QED) is 0.579. The lowest BCUT2D eigenvalue weighted by Gasteiger charge is -2.38. The Kier molecular flexibility index (Phi) is 6.41. The van der Waals surface area contributed by atoms with Crippen molar-refractivity contribution >= 4 is 23.2 Å². The molecule has 33 heavy (non-hydrogen) atoms. The molecule has 2 amide bonds. The first-order valence-electron chi connectivity index (χ1n) is 11.2. The molecule has 0 spiro atoms. The van der Waals surface area contributed by atoms with Crippen LogP contribution in [0.4, 0.5) is 0 Å². The SMILES string of the molecule is O=C(COc1ccc2c(c1)C(c1ccccc1)N(C(=O)c1cccs1)CC2)N1CCOCC1. The van der Waals surface area contributed by atoms with Gasteiger partial charge in [0.1, 0.15) is 5.75 Å². The molecule has 1 aromatic heterocycles. The topological polar surface area (TPSA) is 59.1 Å². The zero-order valence-corrected chi connectivity index (χ0v) is 19.1. The fourth-order valence-electron chi connectivity index (χ4n) is 4.49. The molecular weight excluding hydrogens is 436 g/mol. The Morgan fingerprint density at radius 3 is 2.58 bits per heavy atom. The molecule has 0 aliphatic carbocycles. The van der Waals surface area contributed by atoms with Gasteiger partial charge in [0.05, 0.1) is 24.1 Å². The fraction of sp³-hybridized carbons (Fsp3) is 0.308. The first-order valence-corrected chi connectivity index (χ1v) is 12.1. The Labute approximate surface area is 197 Å². The van der Waals surface area contributed by atoms with Gasteiger partial charge in [-0.3, -0.25) is 9.59 Å². The van der Waals surface area contributed by atoms with Crippen LogP contribution >= 0.6 is 11.3 Å². The lowest BCUT2D eigenvalue weighted by Crippen LogP contribution is -2.43. The highest BCUT2D eigenvalue weighted by Crippen LogP contribution is 2.38. The highest BCUT2D eigenvalue weighted by Gasteiger charge is 2.33. The molecule has 2 aliphatic heterocycles. The van der Waals surface area contributed by atoms with Crippen LogP contribution in [0.3, 0.4) is 0 Å². The van der Waals surface area contributed by atoms with Crippen LogP contribution in [0.2, 0.25) is 0 Å². The summed E-state index contributed by atoms with van der Waals surface area (Å²) in [5, 5.41) is 1.93. The van der Waals surface area contributed by atoms with Crippen molar-refractivity contribution in [1.29, 1.82) is 0 Å². The van der Waals surface area contributed by atoms with Gasteiger partial charge >= 0.3 is 0 Å². The molecule has 1 fully saturated rings. The van der Waals surface area contributed by atoms with Crippen molar-refractivity contribution in [3.63, 3.8) is 0 Å². The van der Waals surface area contributed by atoms with Gasteiger partial charge in [0.15, 0.2) is 6.61 Å². The van der Waals surface area contributed by atoms with E-state index in [9.17, 15) is 9.59 Å². The van der Waals surface area contributed by atoms with Crippen LogP contribution in [-0.4, -0.2) is 61.1 Å². The van der Waals surface area contributed by atoms with Gasteiger partial charge in [-0.25, -0.2) is 0 Å². The van der Waals surface area contributed by atoms with Crippen LogP contribution < -0.4 is 4.74 Å². The molecule has 2 aromatic carbocycles. The first-order chi connectivity index (χ1) is 16.2. The highest BCUT2D eigenvalue weighted by atomic mass is 32.1. The smallest absolute Gasteiger partial charge is 0.264 e. The molecule has 6 nitrogen and oxygen atoms in total. The van der Waals surface area contributed by atoms with Crippen LogP contribution in [0.25, 0.3) is 0 Å². The lowest BCUT2D eigenvalue weighted by molar-refractivity contribution is -0.137. The van der Waals surface area contributed by atoms with Crippen LogP contribution in [0.5, 0.6) is 5.75 Å². The van der Waals surface area contributed by atoms with Crippen molar-refractivity contribution in [2.45, 2.75) is 12.5 Å². The number of fused-ring (bicyclic) bond motifs is 1. The number of morpholine rings is 1. The number of carbonyl (C=O) groups excluding carboxylic acids is 2. The maximum Gasteiger partial charge on any atom is 0.264 e. The van der Waals surface area contributed by atoms with Crippen molar-refractivity contribution in [1.82, 2.24) is 9.80 Å². The van der Waals surface area contributed by atoms with Gasteiger partial charge in [0.25, 0.3) is 11.8 Å². The highest BCUT2D eigenvalue weighted by molar-refractivity contribution is 7.12. The molecule has 0 radical (unpaired) electrons. The van der Waals surface area contributed by atoms with E-state index in [0.717, 1.165) is 22.4 Å². The summed E-state index contributed by atoms with van der Waals surface area (Å²) in [6.45, 7) is 2.98. The average Bonchev–Trinajstić information content (AvgIpc) is 3.42. The molecule has 3 aromatic rings. The summed E-state index contributed by atoms with van der Waals surface area (Å²) < 4.78 is 11.2. The standard InChI is InChI=1S/C26H26N2O4S/c29-24(27-12-14-31-15-13-27)18-32-21-9-8-19-10-11-28(26(30)23-7-4-16-33-23)25(22(19)17-21)20-5-2-1-3-6-20/h1-9,16-17,25H,10-15,18H2. The van der Waals surface area contributed by atoms with Gasteiger partial charge in [0, 0.05) is 19.6 Å². The second-order valence-electron chi connectivity index (χ2n) is 8.18. The molecule has 2 aliphatic rings. The Morgan fingerprint density at radius 2 is 1.82 bits per heavy atom. The van der Waals surface area contributed by atoms with Crippen LogP contribution in [0.15, 0.2) is 66.0 Å². The van der Waals surface area contributed by atoms with Crippen molar-refractivity contribution < 1.29 is 19.1 Å². The normalized spacial score (nSPS) is 18.0. The van der Waals surface area contributed by atoms with Crippen molar-refractivity contribution in [2.75, 3.05) is 39.5 Å². The Morgan fingerprint density at radius 1 is 1.00 bits per heavy atom. The van der Waals surface area contributed by atoms with Gasteiger partial charge < -0.3 is 19.3 Å². The molecule has 170 valence electrons. The second-order valence-corrected chi connectivity index (χ2v) is 9.13. The zero-order valence-electron chi connectivity index (χ0n) is 18.3. The zero-order chi connectivity index (χ0) is 22.6. The minimum Gasteiger partial charge on any atom is -0.484 e. The fourth-order valence-corrected chi connectivity index (χ4v) is 5.17. The monoisotopic (exact) mass is 462 g/mol. The van der Waals surface area contributed by atoms with E-state index in [1.165, 1.54) is 16.9 Å². The predicted molar refractivity (Wildman–Crippen MR) is 127 cm³/mol. The summed E-state index contributed by atoms with van der Waals surface area (Å²) in [4.78, 5) is 30.3. The molecule has 5 rings (SSSR count). The van der Waals surface area contributed by atoms with E-state index >= 15 is 0 Å². The summed E-state index contributed by atoms with van der Waals surface area (Å²) in [6, 6.07) is 19.7. The molecule has 0 saturated carbocycles.